The summed E-state index contributed by atoms with van der Waals surface area (Å²) in [6.45, 7) is 8.70. The minimum atomic E-state index is 0.306. The van der Waals surface area contributed by atoms with Crippen molar-refractivity contribution < 1.29 is 0 Å². The maximum Gasteiger partial charge on any atom is 0.0232 e. The Morgan fingerprint density at radius 3 is 1.89 bits per heavy atom. The number of hydrogen-bond acceptors (Lipinski definition) is 0. The van der Waals surface area contributed by atoms with Crippen LogP contribution in [0, 0.1) is 22.1 Å². The van der Waals surface area contributed by atoms with E-state index in [4.69, 9.17) is 0 Å². The maximum atomic E-state index is 3.08. The smallest absolute Gasteiger partial charge is 0.0232 e. The van der Waals surface area contributed by atoms with E-state index in [0.717, 1.165) is 0 Å². The van der Waals surface area contributed by atoms with E-state index in [0.29, 0.717) is 11.3 Å². The normalized spacial score (nSPS) is 13.9. The van der Waals surface area contributed by atoms with E-state index in [-0.39, 0.29) is 0 Å². The first-order valence-electron chi connectivity index (χ1n) is 3.09. The second-order valence-electron chi connectivity index (χ2n) is 3.33. The zero-order chi connectivity index (χ0) is 7.49. The lowest BCUT2D eigenvalue weighted by Gasteiger charge is -2.21. The van der Waals surface area contributed by atoms with Crippen LogP contribution in [-0.4, -0.2) is 0 Å². The van der Waals surface area contributed by atoms with Crippen LogP contribution in [0.4, 0.5) is 0 Å². The first-order chi connectivity index (χ1) is 3.98. The van der Waals surface area contributed by atoms with Gasteiger partial charge in [-0.3, -0.25) is 0 Å². The van der Waals surface area contributed by atoms with Gasteiger partial charge in [-0.15, -0.1) is 0 Å². The van der Waals surface area contributed by atoms with Gasteiger partial charge in [0.2, 0.25) is 0 Å². The van der Waals surface area contributed by atoms with Gasteiger partial charge in [-0.25, -0.2) is 0 Å². The van der Waals surface area contributed by atoms with Crippen molar-refractivity contribution in [3.05, 3.63) is 0 Å². The van der Waals surface area contributed by atoms with Gasteiger partial charge in [-0.05, 0) is 10.2 Å². The van der Waals surface area contributed by atoms with Gasteiger partial charge in [-0.1, -0.05) is 33.6 Å². The Morgan fingerprint density at radius 1 is 1.33 bits per heavy atom. The summed E-state index contributed by atoms with van der Waals surface area (Å²) in [4.78, 5) is 2.74. The molecule has 0 rings (SSSR count). The van der Waals surface area contributed by atoms with Crippen molar-refractivity contribution in [2.24, 2.45) is 11.3 Å². The zero-order valence-electron chi connectivity index (χ0n) is 6.46. The molecule has 0 saturated carbocycles. The van der Waals surface area contributed by atoms with E-state index in [2.05, 4.69) is 54.4 Å². The first kappa shape index (κ1) is 9.04. The topological polar surface area (TPSA) is 0 Å². The largest absolute Gasteiger partial charge is 0.0871 e. The molecule has 1 heteroatoms. The SMILES string of the molecule is CC(C#CBr)C(C)(C)C. The zero-order valence-corrected chi connectivity index (χ0v) is 8.04. The van der Waals surface area contributed by atoms with E-state index in [1.165, 1.54) is 0 Å². The molecule has 0 aromatic rings. The quantitative estimate of drug-likeness (QED) is 0.514. The Balaban J connectivity index is 3.99. The highest BCUT2D eigenvalue weighted by molar-refractivity contribution is 9.12. The lowest BCUT2D eigenvalue weighted by atomic mass is 9.83. The third-order valence-corrected chi connectivity index (χ3v) is 1.80. The summed E-state index contributed by atoms with van der Waals surface area (Å²) in [6, 6.07) is 0. The Bertz CT molecular complexity index is 131. The van der Waals surface area contributed by atoms with Gasteiger partial charge < -0.3 is 0 Å². The van der Waals surface area contributed by atoms with E-state index < -0.39 is 0 Å². The first-order valence-corrected chi connectivity index (χ1v) is 3.89. The predicted octanol–water partition coefficient (Wildman–Crippen LogP) is 3.02. The Kier molecular flexibility index (Phi) is 3.28. The molecule has 52 valence electrons. The van der Waals surface area contributed by atoms with Crippen LogP contribution >= 0.6 is 15.9 Å². The molecule has 1 atom stereocenters. The molecule has 0 amide bonds. The fourth-order valence-corrected chi connectivity index (χ4v) is 0.642. The van der Waals surface area contributed by atoms with Gasteiger partial charge in [0.15, 0.2) is 0 Å². The molecular weight excluding hydrogens is 176 g/mol. The van der Waals surface area contributed by atoms with Crippen molar-refractivity contribution in [3.8, 4) is 10.8 Å². The summed E-state index contributed by atoms with van der Waals surface area (Å²) in [6.07, 6.45) is 0. The highest BCUT2D eigenvalue weighted by atomic mass is 79.9. The van der Waals surface area contributed by atoms with Gasteiger partial charge in [-0.2, -0.15) is 0 Å². The molecule has 0 aromatic heterocycles. The number of hydrogen-bond donors (Lipinski definition) is 0. The average Bonchev–Trinajstić information content (AvgIpc) is 1.64. The van der Waals surface area contributed by atoms with Gasteiger partial charge >= 0.3 is 0 Å². The monoisotopic (exact) mass is 188 g/mol. The van der Waals surface area contributed by atoms with Crippen molar-refractivity contribution in [2.75, 3.05) is 0 Å². The summed E-state index contributed by atoms with van der Waals surface area (Å²) < 4.78 is 0. The van der Waals surface area contributed by atoms with Crippen LogP contribution < -0.4 is 0 Å². The standard InChI is InChI=1S/C8H13Br/c1-7(5-6-9)8(2,3)4/h7H,1-4H3. The molecule has 0 nitrogen and oxygen atoms in total. The molecule has 0 radical (unpaired) electrons. The molecule has 0 aromatic carbocycles. The molecule has 0 fully saturated rings. The molecule has 0 heterocycles. The molecule has 0 aliphatic rings. The van der Waals surface area contributed by atoms with Crippen LogP contribution in [0.5, 0.6) is 0 Å². The molecule has 0 N–H and O–H groups in total. The third kappa shape index (κ3) is 3.59. The van der Waals surface area contributed by atoms with Crippen molar-refractivity contribution in [3.63, 3.8) is 0 Å². The predicted molar refractivity (Wildman–Crippen MR) is 45.3 cm³/mol. The van der Waals surface area contributed by atoms with Crippen LogP contribution in [0.1, 0.15) is 27.7 Å². The number of rotatable bonds is 0. The molecule has 9 heavy (non-hydrogen) atoms. The Labute approximate surface area is 66.2 Å². The van der Waals surface area contributed by atoms with E-state index in [1.54, 1.807) is 0 Å². The van der Waals surface area contributed by atoms with E-state index >= 15 is 0 Å². The average molecular weight is 189 g/mol. The summed E-state index contributed by atoms with van der Waals surface area (Å²) in [5.41, 5.74) is 0.306. The molecule has 0 bridgehead atoms. The Hall–Kier alpha value is 0.0400. The van der Waals surface area contributed by atoms with Crippen molar-refractivity contribution in [1.29, 1.82) is 0 Å². The summed E-state index contributed by atoms with van der Waals surface area (Å²) in [7, 11) is 0. The van der Waals surface area contributed by atoms with Gasteiger partial charge in [0.1, 0.15) is 0 Å². The van der Waals surface area contributed by atoms with Crippen molar-refractivity contribution >= 4 is 15.9 Å². The lowest BCUT2D eigenvalue weighted by Crippen LogP contribution is -2.14. The minimum absolute atomic E-state index is 0.306. The lowest BCUT2D eigenvalue weighted by molar-refractivity contribution is 0.324. The molecule has 0 aliphatic carbocycles. The van der Waals surface area contributed by atoms with Crippen molar-refractivity contribution in [1.82, 2.24) is 0 Å². The van der Waals surface area contributed by atoms with Crippen LogP contribution in [0.2, 0.25) is 0 Å². The highest BCUT2D eigenvalue weighted by Gasteiger charge is 2.16. The van der Waals surface area contributed by atoms with Gasteiger partial charge in [0.05, 0.1) is 0 Å². The maximum absolute atomic E-state index is 3.08. The van der Waals surface area contributed by atoms with Crippen molar-refractivity contribution in [2.45, 2.75) is 27.7 Å². The van der Waals surface area contributed by atoms with Gasteiger partial charge in [0, 0.05) is 21.8 Å². The molecule has 1 unspecified atom stereocenters. The third-order valence-electron chi connectivity index (χ3n) is 1.57. The molecule has 0 spiro atoms. The van der Waals surface area contributed by atoms with Crippen LogP contribution in [0.3, 0.4) is 0 Å². The fourth-order valence-electron chi connectivity index (χ4n) is 0.298. The number of halogens is 1. The molecule has 0 aliphatic heterocycles. The van der Waals surface area contributed by atoms with E-state index in [9.17, 15) is 0 Å². The summed E-state index contributed by atoms with van der Waals surface area (Å²) in [5.74, 6) is 3.51. The van der Waals surface area contributed by atoms with Crippen LogP contribution in [0.15, 0.2) is 0 Å². The van der Waals surface area contributed by atoms with Crippen LogP contribution in [-0.2, 0) is 0 Å². The molecular formula is C8H13Br. The highest BCUT2D eigenvalue weighted by Crippen LogP contribution is 2.24. The summed E-state index contributed by atoms with van der Waals surface area (Å²) in [5, 5.41) is 0. The van der Waals surface area contributed by atoms with E-state index in [1.807, 2.05) is 0 Å². The van der Waals surface area contributed by atoms with Crippen LogP contribution in [0.25, 0.3) is 0 Å². The second-order valence-corrected chi connectivity index (χ2v) is 3.72. The minimum Gasteiger partial charge on any atom is -0.0871 e. The second kappa shape index (κ2) is 3.27. The fraction of sp³-hybridized carbons (Fsp3) is 0.750. The Morgan fingerprint density at radius 2 is 1.78 bits per heavy atom. The molecule has 0 saturated heterocycles. The van der Waals surface area contributed by atoms with Gasteiger partial charge in [0.25, 0.3) is 0 Å². The summed E-state index contributed by atoms with van der Waals surface area (Å²) >= 11 is 3.08.